The number of nitrogens with one attached hydrogen (secondary N) is 1. The van der Waals surface area contributed by atoms with Crippen molar-refractivity contribution in [3.05, 3.63) is 57.8 Å². The Balaban J connectivity index is 1.76. The average Bonchev–Trinajstić information content (AvgIpc) is 3.06. The summed E-state index contributed by atoms with van der Waals surface area (Å²) in [5.74, 6) is 0.473. The van der Waals surface area contributed by atoms with Crippen molar-refractivity contribution in [2.75, 3.05) is 16.9 Å². The molecule has 25 heavy (non-hydrogen) atoms. The summed E-state index contributed by atoms with van der Waals surface area (Å²) in [6, 6.07) is 8.45. The standard InChI is InChI=1S/C17H15Cl2N3O2S/c1-10-3-2-4-12(5-10)21-16(23)14-8-25-9-22(14)17(24)11-6-13(18)15(19)20-7-11/h2-7,14H,8-9H2,1H3,(H,21,23). The third-order valence-electron chi connectivity index (χ3n) is 3.77. The number of hydrogen-bond acceptors (Lipinski definition) is 4. The van der Waals surface area contributed by atoms with Gasteiger partial charge in [0.05, 0.1) is 16.5 Å². The van der Waals surface area contributed by atoms with E-state index in [1.165, 1.54) is 28.9 Å². The minimum Gasteiger partial charge on any atom is -0.324 e. The Labute approximate surface area is 159 Å². The van der Waals surface area contributed by atoms with Crippen molar-refractivity contribution in [3.63, 3.8) is 0 Å². The first kappa shape index (κ1) is 18.0. The van der Waals surface area contributed by atoms with Gasteiger partial charge in [-0.1, -0.05) is 35.3 Å². The number of pyridine rings is 1. The van der Waals surface area contributed by atoms with Gasteiger partial charge in [-0.25, -0.2) is 4.98 Å². The van der Waals surface area contributed by atoms with Crippen LogP contribution in [0.1, 0.15) is 15.9 Å². The monoisotopic (exact) mass is 395 g/mol. The molecular weight excluding hydrogens is 381 g/mol. The highest BCUT2D eigenvalue weighted by atomic mass is 35.5. The summed E-state index contributed by atoms with van der Waals surface area (Å²) in [4.78, 5) is 30.8. The summed E-state index contributed by atoms with van der Waals surface area (Å²) in [5.41, 5.74) is 2.07. The number of hydrogen-bond donors (Lipinski definition) is 1. The summed E-state index contributed by atoms with van der Waals surface area (Å²) in [7, 11) is 0. The van der Waals surface area contributed by atoms with Crippen molar-refractivity contribution in [2.24, 2.45) is 0 Å². The highest BCUT2D eigenvalue weighted by molar-refractivity contribution is 7.99. The molecule has 0 radical (unpaired) electrons. The number of amides is 2. The predicted molar refractivity (Wildman–Crippen MR) is 101 cm³/mol. The van der Waals surface area contributed by atoms with E-state index >= 15 is 0 Å². The summed E-state index contributed by atoms with van der Waals surface area (Å²) in [6.45, 7) is 1.95. The minimum atomic E-state index is -0.549. The van der Waals surface area contributed by atoms with Gasteiger partial charge in [0.1, 0.15) is 11.2 Å². The lowest BCUT2D eigenvalue weighted by atomic mass is 10.2. The van der Waals surface area contributed by atoms with Crippen LogP contribution in [0.2, 0.25) is 10.2 Å². The molecule has 0 aliphatic carbocycles. The van der Waals surface area contributed by atoms with Crippen LogP contribution in [0.15, 0.2) is 36.5 Å². The Hall–Kier alpha value is -1.76. The number of benzene rings is 1. The van der Waals surface area contributed by atoms with Gasteiger partial charge in [-0.05, 0) is 30.7 Å². The van der Waals surface area contributed by atoms with Crippen molar-refractivity contribution < 1.29 is 9.59 Å². The number of carbonyl (C=O) groups excluding carboxylic acids is 2. The van der Waals surface area contributed by atoms with Gasteiger partial charge in [-0.15, -0.1) is 11.8 Å². The fraction of sp³-hybridized carbons (Fsp3) is 0.235. The average molecular weight is 396 g/mol. The summed E-state index contributed by atoms with van der Waals surface area (Å²) in [5, 5.41) is 3.22. The van der Waals surface area contributed by atoms with E-state index in [0.29, 0.717) is 22.9 Å². The quantitative estimate of drug-likeness (QED) is 0.801. The lowest BCUT2D eigenvalue weighted by molar-refractivity contribution is -0.119. The molecule has 8 heteroatoms. The van der Waals surface area contributed by atoms with E-state index in [1.54, 1.807) is 0 Å². The minimum absolute atomic E-state index is 0.141. The lowest BCUT2D eigenvalue weighted by Crippen LogP contribution is -2.44. The second-order valence-corrected chi connectivity index (χ2v) is 7.41. The molecule has 1 aromatic carbocycles. The highest BCUT2D eigenvalue weighted by Crippen LogP contribution is 2.26. The van der Waals surface area contributed by atoms with Crippen LogP contribution in [0.3, 0.4) is 0 Å². The van der Waals surface area contributed by atoms with Crippen molar-refractivity contribution >= 4 is 52.5 Å². The molecule has 1 unspecified atom stereocenters. The van der Waals surface area contributed by atoms with Crippen LogP contribution in [-0.4, -0.2) is 39.4 Å². The topological polar surface area (TPSA) is 62.3 Å². The maximum Gasteiger partial charge on any atom is 0.256 e. The van der Waals surface area contributed by atoms with Gasteiger partial charge in [0.2, 0.25) is 5.91 Å². The lowest BCUT2D eigenvalue weighted by Gasteiger charge is -2.23. The molecule has 0 bridgehead atoms. The molecule has 0 spiro atoms. The summed E-state index contributed by atoms with van der Waals surface area (Å²) < 4.78 is 0. The molecule has 5 nitrogen and oxygen atoms in total. The van der Waals surface area contributed by atoms with Crippen molar-refractivity contribution in [3.8, 4) is 0 Å². The number of nitrogens with zero attached hydrogens (tertiary/aromatic N) is 2. The van der Waals surface area contributed by atoms with Crippen molar-refractivity contribution in [2.45, 2.75) is 13.0 Å². The third-order valence-corrected chi connectivity index (χ3v) is 5.47. The number of rotatable bonds is 3. The van der Waals surface area contributed by atoms with Gasteiger partial charge in [-0.3, -0.25) is 9.59 Å². The van der Waals surface area contributed by atoms with E-state index in [0.717, 1.165) is 5.56 Å². The molecule has 2 heterocycles. The number of aromatic nitrogens is 1. The molecule has 1 fully saturated rings. The number of halogens is 2. The number of anilines is 1. The molecule has 0 saturated carbocycles. The van der Waals surface area contributed by atoms with Crippen LogP contribution in [0, 0.1) is 6.92 Å². The maximum atomic E-state index is 12.7. The van der Waals surface area contributed by atoms with Crippen LogP contribution in [-0.2, 0) is 4.79 Å². The molecule has 1 saturated heterocycles. The Morgan fingerprint density at radius 1 is 1.32 bits per heavy atom. The van der Waals surface area contributed by atoms with E-state index < -0.39 is 6.04 Å². The normalized spacial score (nSPS) is 16.8. The van der Waals surface area contributed by atoms with Crippen molar-refractivity contribution in [1.29, 1.82) is 0 Å². The van der Waals surface area contributed by atoms with Crippen LogP contribution >= 0.6 is 35.0 Å². The van der Waals surface area contributed by atoms with Crippen LogP contribution in [0.4, 0.5) is 5.69 Å². The zero-order valence-electron chi connectivity index (χ0n) is 13.3. The predicted octanol–water partition coefficient (Wildman–Crippen LogP) is 3.85. The Morgan fingerprint density at radius 3 is 2.84 bits per heavy atom. The molecule has 2 aromatic rings. The number of carbonyl (C=O) groups is 2. The Kier molecular flexibility index (Phi) is 5.51. The van der Waals surface area contributed by atoms with E-state index in [4.69, 9.17) is 23.2 Å². The zero-order chi connectivity index (χ0) is 18.0. The fourth-order valence-electron chi connectivity index (χ4n) is 2.51. The molecule has 1 N–H and O–H groups in total. The second kappa shape index (κ2) is 7.64. The van der Waals surface area contributed by atoms with Crippen LogP contribution < -0.4 is 5.32 Å². The summed E-state index contributed by atoms with van der Waals surface area (Å²) >= 11 is 13.3. The first-order chi connectivity index (χ1) is 12.0. The van der Waals surface area contributed by atoms with Gasteiger partial charge in [0.15, 0.2) is 0 Å². The van der Waals surface area contributed by atoms with Gasteiger partial charge >= 0.3 is 0 Å². The summed E-state index contributed by atoms with van der Waals surface area (Å²) in [6.07, 6.45) is 1.37. The van der Waals surface area contributed by atoms with E-state index in [9.17, 15) is 9.59 Å². The van der Waals surface area contributed by atoms with Crippen molar-refractivity contribution in [1.82, 2.24) is 9.88 Å². The van der Waals surface area contributed by atoms with Crippen LogP contribution in [0.5, 0.6) is 0 Å². The van der Waals surface area contributed by atoms with E-state index in [-0.39, 0.29) is 22.0 Å². The molecular formula is C17H15Cl2N3O2S. The zero-order valence-corrected chi connectivity index (χ0v) is 15.7. The molecule has 130 valence electrons. The first-order valence-electron chi connectivity index (χ1n) is 7.53. The van der Waals surface area contributed by atoms with E-state index in [1.807, 2.05) is 31.2 Å². The third kappa shape index (κ3) is 4.08. The molecule has 1 aliphatic heterocycles. The SMILES string of the molecule is Cc1cccc(NC(=O)C2CSCN2C(=O)c2cnc(Cl)c(Cl)c2)c1. The largest absolute Gasteiger partial charge is 0.324 e. The van der Waals surface area contributed by atoms with Gasteiger partial charge in [0, 0.05) is 17.6 Å². The molecule has 2 amide bonds. The smallest absolute Gasteiger partial charge is 0.256 e. The molecule has 3 rings (SSSR count). The number of aryl methyl sites for hydroxylation is 1. The molecule has 1 atom stereocenters. The number of thioether (sulfide) groups is 1. The van der Waals surface area contributed by atoms with Gasteiger partial charge in [0.25, 0.3) is 5.91 Å². The second-order valence-electron chi connectivity index (χ2n) is 5.65. The maximum absolute atomic E-state index is 12.7. The first-order valence-corrected chi connectivity index (χ1v) is 9.44. The molecule has 1 aliphatic rings. The van der Waals surface area contributed by atoms with Crippen LogP contribution in [0.25, 0.3) is 0 Å². The van der Waals surface area contributed by atoms with E-state index in [2.05, 4.69) is 10.3 Å². The Morgan fingerprint density at radius 2 is 2.12 bits per heavy atom. The van der Waals surface area contributed by atoms with Gasteiger partial charge in [-0.2, -0.15) is 0 Å². The van der Waals surface area contributed by atoms with Gasteiger partial charge < -0.3 is 10.2 Å². The molecule has 1 aromatic heterocycles. The highest BCUT2D eigenvalue weighted by Gasteiger charge is 2.35. The fourth-order valence-corrected chi connectivity index (χ4v) is 3.94. The Bertz CT molecular complexity index is 831.